The maximum absolute atomic E-state index is 7.03. The minimum absolute atomic E-state index is 0.0895. The van der Waals surface area contributed by atoms with E-state index in [0.717, 1.165) is 128 Å². The Morgan fingerprint density at radius 1 is 0.493 bits per heavy atom. The Morgan fingerprint density at radius 3 is 1.89 bits per heavy atom. The smallest absolute Gasteiger partial charge is 0.269 e. The Hall–Kier alpha value is -9.73. The highest BCUT2D eigenvalue weighted by molar-refractivity contribution is 6.16. The molecule has 0 atom stereocenters. The quantitative estimate of drug-likeness (QED) is 0.127. The molecule has 0 saturated carbocycles. The number of imidazole rings is 3. The molecule has 0 N–H and O–H groups in total. The average molecular weight is 967 g/mol. The molecule has 9 nitrogen and oxygen atoms in total. The lowest BCUT2D eigenvalue weighted by Gasteiger charge is -2.19. The molecule has 0 unspecified atom stereocenters. The van der Waals surface area contributed by atoms with Gasteiger partial charge in [-0.25, -0.2) is 9.97 Å². The number of pyridine rings is 1. The molecule has 0 bridgehead atoms. The van der Waals surface area contributed by atoms with E-state index < -0.39 is 0 Å². The summed E-state index contributed by atoms with van der Waals surface area (Å²) >= 11 is 0. The Labute approximate surface area is 429 Å². The van der Waals surface area contributed by atoms with Crippen molar-refractivity contribution in [1.29, 1.82) is 0 Å². The van der Waals surface area contributed by atoms with Gasteiger partial charge in [0.25, 0.3) is 6.33 Å². The van der Waals surface area contributed by atoms with Crippen LogP contribution in [-0.2, 0) is 5.41 Å². The maximum atomic E-state index is 7.03. The minimum atomic E-state index is -0.0895. The van der Waals surface area contributed by atoms with Gasteiger partial charge in [0.05, 0.1) is 77.9 Å². The summed E-state index contributed by atoms with van der Waals surface area (Å²) < 4.78 is 20.8. The van der Waals surface area contributed by atoms with Crippen molar-refractivity contribution < 1.29 is 8.98 Å². The molecule has 0 aliphatic rings. The number of fused-ring (bicyclic) bond motifs is 15. The largest absolute Gasteiger partial charge is 0.454 e. The van der Waals surface area contributed by atoms with Crippen molar-refractivity contribution in [3.63, 3.8) is 0 Å². The first kappa shape index (κ1) is 41.8. The van der Waals surface area contributed by atoms with Crippen molar-refractivity contribution in [2.45, 2.75) is 33.1 Å². The first-order valence-electron chi connectivity index (χ1n) is 25.6. The van der Waals surface area contributed by atoms with Crippen LogP contribution in [-0.4, -0.2) is 32.6 Å². The molecule has 16 aromatic rings. The van der Waals surface area contributed by atoms with E-state index in [1.165, 1.54) is 16.3 Å². The van der Waals surface area contributed by atoms with E-state index in [4.69, 9.17) is 14.4 Å². The van der Waals surface area contributed by atoms with E-state index in [-0.39, 0.29) is 5.41 Å². The van der Waals surface area contributed by atoms with Gasteiger partial charge in [0.1, 0.15) is 11.4 Å². The van der Waals surface area contributed by atoms with E-state index >= 15 is 0 Å². The number of nitrogens with zero attached hydrogens (tertiary/aromatic N) is 8. The van der Waals surface area contributed by atoms with Crippen LogP contribution in [0.4, 0.5) is 0 Å². The molecule has 0 amide bonds. The van der Waals surface area contributed by atoms with Gasteiger partial charge in [-0.15, -0.1) is 0 Å². The Balaban J connectivity index is 0.989. The number of benzene rings is 9. The number of rotatable bonds is 5. The summed E-state index contributed by atoms with van der Waals surface area (Å²) in [6, 6.07) is 71.8. The fourth-order valence-corrected chi connectivity index (χ4v) is 12.1. The summed E-state index contributed by atoms with van der Waals surface area (Å²) in [4.78, 5) is 10.5. The van der Waals surface area contributed by atoms with E-state index in [1.54, 1.807) is 0 Å². The zero-order valence-electron chi connectivity index (χ0n) is 41.6. The summed E-state index contributed by atoms with van der Waals surface area (Å²) in [5, 5.41) is 6.75. The van der Waals surface area contributed by atoms with Crippen molar-refractivity contribution in [1.82, 2.24) is 32.6 Å². The summed E-state index contributed by atoms with van der Waals surface area (Å²) in [6.07, 6.45) is 5.86. The van der Waals surface area contributed by atoms with Gasteiger partial charge >= 0.3 is 0 Å². The van der Waals surface area contributed by atoms with E-state index in [2.05, 4.69) is 255 Å². The predicted octanol–water partition coefficient (Wildman–Crippen LogP) is 15.5. The third kappa shape index (κ3) is 5.86. The van der Waals surface area contributed by atoms with Crippen LogP contribution in [0.2, 0.25) is 0 Å². The molecule has 7 heterocycles. The molecular weight excluding hydrogens is 921 g/mol. The molecule has 356 valence electrons. The topological polar surface area (TPSA) is 66.9 Å². The SMILES string of the molecule is Cc1cccc2c1nc1n(-c3cc(C(C)(C)C)ccn3)c3cc4c(cc3n21)c1ccccc1n4-c1cc(-n2[c-][n+](-c3ccccc3-n3c4ccccc4c4ccccc43)c3ccccc32)cc2c1oc1ccccc12. The second-order valence-electron chi connectivity index (χ2n) is 20.9. The van der Waals surface area contributed by atoms with Crippen molar-refractivity contribution in [3.8, 4) is 28.6 Å². The first-order valence-corrected chi connectivity index (χ1v) is 25.6. The van der Waals surface area contributed by atoms with Crippen LogP contribution < -0.4 is 4.57 Å². The molecule has 0 aliphatic carbocycles. The molecule has 0 saturated heterocycles. The summed E-state index contributed by atoms with van der Waals surface area (Å²) in [5.74, 6) is 1.64. The average Bonchev–Trinajstić information content (AvgIpc) is 4.30. The molecule has 9 aromatic carbocycles. The van der Waals surface area contributed by atoms with Crippen LogP contribution in [0.25, 0.3) is 133 Å². The second kappa shape index (κ2) is 15.2. The number of hydrogen-bond donors (Lipinski definition) is 0. The minimum Gasteiger partial charge on any atom is -0.454 e. The van der Waals surface area contributed by atoms with Crippen LogP contribution in [0.3, 0.4) is 0 Å². The normalized spacial score (nSPS) is 12.5. The Bertz CT molecular complexity index is 5030. The fraction of sp³-hybridized carbons (Fsp3) is 0.0758. The van der Waals surface area contributed by atoms with Gasteiger partial charge in [0, 0.05) is 38.5 Å². The monoisotopic (exact) mass is 966 g/mol. The van der Waals surface area contributed by atoms with Crippen molar-refractivity contribution in [3.05, 3.63) is 224 Å². The third-order valence-corrected chi connectivity index (χ3v) is 15.6. The van der Waals surface area contributed by atoms with Crippen LogP contribution in [0.1, 0.15) is 31.9 Å². The zero-order chi connectivity index (χ0) is 49.8. The van der Waals surface area contributed by atoms with Crippen molar-refractivity contribution in [2.75, 3.05) is 0 Å². The van der Waals surface area contributed by atoms with Gasteiger partial charge < -0.3 is 13.6 Å². The highest BCUT2D eigenvalue weighted by Gasteiger charge is 2.26. The number of para-hydroxylation sites is 9. The molecule has 0 radical (unpaired) electrons. The lowest BCUT2D eigenvalue weighted by molar-refractivity contribution is -0.572. The van der Waals surface area contributed by atoms with E-state index in [1.807, 2.05) is 12.3 Å². The van der Waals surface area contributed by atoms with Crippen LogP contribution in [0.5, 0.6) is 0 Å². The van der Waals surface area contributed by atoms with Gasteiger partial charge in [-0.1, -0.05) is 142 Å². The third-order valence-electron chi connectivity index (χ3n) is 15.6. The van der Waals surface area contributed by atoms with Gasteiger partial charge in [0.2, 0.25) is 5.78 Å². The molecule has 7 aromatic heterocycles. The number of furan rings is 1. The van der Waals surface area contributed by atoms with Gasteiger partial charge in [-0.3, -0.25) is 18.1 Å². The van der Waals surface area contributed by atoms with Crippen LogP contribution in [0, 0.1) is 13.3 Å². The highest BCUT2D eigenvalue weighted by Crippen LogP contribution is 2.43. The maximum Gasteiger partial charge on any atom is 0.269 e. The summed E-state index contributed by atoms with van der Waals surface area (Å²) in [6.45, 7) is 8.88. The van der Waals surface area contributed by atoms with Crippen molar-refractivity contribution >= 4 is 104 Å². The first-order chi connectivity index (χ1) is 36.8. The van der Waals surface area contributed by atoms with Gasteiger partial charge in [-0.05, 0) is 102 Å². The van der Waals surface area contributed by atoms with E-state index in [9.17, 15) is 0 Å². The van der Waals surface area contributed by atoms with Crippen molar-refractivity contribution in [2.24, 2.45) is 0 Å². The van der Waals surface area contributed by atoms with Crippen LogP contribution >= 0.6 is 0 Å². The van der Waals surface area contributed by atoms with E-state index in [0.29, 0.717) is 0 Å². The van der Waals surface area contributed by atoms with Gasteiger partial charge in [-0.2, -0.15) is 0 Å². The number of hydrogen-bond acceptors (Lipinski definition) is 3. The lowest BCUT2D eigenvalue weighted by atomic mass is 9.88. The molecule has 0 aliphatic heterocycles. The van der Waals surface area contributed by atoms with Crippen LogP contribution in [0.15, 0.2) is 211 Å². The molecule has 75 heavy (non-hydrogen) atoms. The molecule has 9 heteroatoms. The standard InChI is InChI=1S/C66H46N8O/c1-40-18-17-30-56-63(40)68-65-73(56)58-37-47-45-21-7-11-25-51(45)72(57(47)38-59(58)74(65)62-34-41(32-33-67-62)66(2,3)4)60-36-42(35-48-46-22-8-16-31-61(46)75-64(48)60)69-39-70(53-27-13-12-26-52(53)69)54-28-14-15-29-55(54)71-49-23-9-5-19-43(49)44-20-6-10-24-50(44)71/h5-38H,1-4H3. The summed E-state index contributed by atoms with van der Waals surface area (Å²) in [7, 11) is 0. The fourth-order valence-electron chi connectivity index (χ4n) is 12.1. The Morgan fingerprint density at radius 2 is 1.13 bits per heavy atom. The second-order valence-corrected chi connectivity index (χ2v) is 20.9. The van der Waals surface area contributed by atoms with Gasteiger partial charge in [0.15, 0.2) is 5.58 Å². The molecular formula is C66H46N8O. The molecule has 0 fully saturated rings. The lowest BCUT2D eigenvalue weighted by Crippen LogP contribution is -2.31. The zero-order valence-corrected chi connectivity index (χ0v) is 41.6. The Kier molecular flexibility index (Phi) is 8.46. The number of aromatic nitrogens is 8. The predicted molar refractivity (Wildman–Crippen MR) is 304 cm³/mol. The molecule has 16 rings (SSSR count). The molecule has 0 spiro atoms. The summed E-state index contributed by atoms with van der Waals surface area (Å²) in [5.41, 5.74) is 18.4. The highest BCUT2D eigenvalue weighted by atomic mass is 16.3. The number of aryl methyl sites for hydroxylation is 1.